The van der Waals surface area contributed by atoms with Gasteiger partial charge >= 0.3 is 31.7 Å². The number of unbranched alkanes of at least 4 members (excludes halogenated alkanes) is 47. The molecule has 1 saturated carbocycles. The van der Waals surface area contributed by atoms with E-state index in [2.05, 4.69) is 46.8 Å². The fourth-order valence-electron chi connectivity index (χ4n) is 16.0. The van der Waals surface area contributed by atoms with Crippen LogP contribution in [0.5, 0.6) is 0 Å². The molecule has 0 radical (unpaired) electrons. The molecule has 694 valence electrons. The zero-order valence-corrected chi connectivity index (χ0v) is 75.0. The molecule has 0 amide bonds. The number of rotatable bonds is 77. The van der Waals surface area contributed by atoms with Crippen molar-refractivity contribution in [3.63, 3.8) is 0 Å². The molecule has 26 heteroatoms. The average molecular weight is 1710 g/mol. The number of carbonyl (C=O) groups is 4. The molecule has 2 saturated heterocycles. The van der Waals surface area contributed by atoms with Crippen molar-refractivity contribution in [2.45, 2.75) is 518 Å². The Bertz CT molecular complexity index is 2520. The maximum Gasteiger partial charge on any atom is 0.472 e. The van der Waals surface area contributed by atoms with E-state index in [0.29, 0.717) is 38.0 Å². The van der Waals surface area contributed by atoms with Gasteiger partial charge in [-0.2, -0.15) is 0 Å². The molecule has 25 nitrogen and oxygen atoms in total. The molecule has 19 atom stereocenters. The van der Waals surface area contributed by atoms with Crippen LogP contribution in [0.15, 0.2) is 12.2 Å². The Kier molecular flexibility index (Phi) is 65.2. The minimum Gasteiger partial charge on any atom is -0.463 e. The van der Waals surface area contributed by atoms with Gasteiger partial charge in [-0.05, 0) is 57.3 Å². The maximum atomic E-state index is 14.9. The smallest absolute Gasteiger partial charge is 0.463 e. The van der Waals surface area contributed by atoms with Crippen LogP contribution in [0.2, 0.25) is 0 Å². The number of esters is 4. The first-order valence-electron chi connectivity index (χ1n) is 47.8. The van der Waals surface area contributed by atoms with Gasteiger partial charge in [0.2, 0.25) is 0 Å². The van der Waals surface area contributed by atoms with E-state index >= 15 is 0 Å². The Morgan fingerprint density at radius 1 is 0.356 bits per heavy atom. The minimum absolute atomic E-state index is 0.0182. The first-order chi connectivity index (χ1) is 57.1. The van der Waals surface area contributed by atoms with E-state index in [1.165, 1.54) is 173 Å². The second-order valence-electron chi connectivity index (χ2n) is 34.5. The highest BCUT2D eigenvalue weighted by atomic mass is 31.2. The summed E-state index contributed by atoms with van der Waals surface area (Å²) in [5, 5.41) is 102. The molecule has 0 spiro atoms. The van der Waals surface area contributed by atoms with Crippen molar-refractivity contribution in [1.82, 2.24) is 0 Å². The number of aliphatic hydroxyl groups is 9. The molecule has 1 aliphatic carbocycles. The molecule has 0 aromatic carbocycles. The van der Waals surface area contributed by atoms with Gasteiger partial charge in [-0.15, -0.1) is 0 Å². The summed E-state index contributed by atoms with van der Waals surface area (Å²) in [6.07, 6.45) is 27.7. The zero-order valence-electron chi connectivity index (χ0n) is 74.1. The number of allylic oxidation sites excluding steroid dienone is 2. The second-order valence-corrected chi connectivity index (χ2v) is 35.9. The quantitative estimate of drug-likeness (QED) is 0.00889. The van der Waals surface area contributed by atoms with E-state index in [9.17, 15) is 74.6 Å². The predicted molar refractivity (Wildman–Crippen MR) is 458 cm³/mol. The normalized spacial score (nSPS) is 25.2. The standard InChI is InChI=1S/C92H171O25P/c1-6-10-14-18-22-25-28-31-33-36-39-41-44-51-57-63-75(94)108-68-72(111-77(96)65-59-54-48-47-50-56-62-71(5)61-55-49-21-17-13-9-4)69-110-118(106,107)117-90-88(115-91-85(104)81(100)79(98)73(67-93)112-91)84(103)83(102)87(114-78(97)66-60-53-46-43-40-37-34-32-29-26-23-19-15-11-7-2)89(90)116-92-86(105)82(101)80(99)74(113-92)70-109-76(95)64-58-52-45-42-38-35-30-27-24-20-16-12-8-3/h25,28,71-74,79-93,98-105H,6-24,26-27,29-70H2,1-5H3,(H,106,107)/b28-25-. The molecule has 118 heavy (non-hydrogen) atoms. The van der Waals surface area contributed by atoms with Crippen molar-refractivity contribution >= 4 is 31.7 Å². The van der Waals surface area contributed by atoms with Crippen molar-refractivity contribution in [3.05, 3.63) is 12.2 Å². The Labute approximate surface area is 712 Å². The third-order valence-electron chi connectivity index (χ3n) is 23.7. The topological polar surface area (TPSA) is 380 Å². The van der Waals surface area contributed by atoms with Crippen LogP contribution < -0.4 is 0 Å². The number of phosphoric acid groups is 1. The van der Waals surface area contributed by atoms with Crippen molar-refractivity contribution in [3.8, 4) is 0 Å². The summed E-state index contributed by atoms with van der Waals surface area (Å²) in [6.45, 7) is 7.93. The SMILES string of the molecule is CCCCCC/C=C\CCCCCCCCCC(=O)OCC(COP(=O)(O)OC1C(OC2OC(CO)C(O)C(O)C2O)C(O)C(O)C(OC(=O)CCCCCCCCCCCCCCCCC)C1OC1OC(COC(=O)CCCCCCCCCCCCCCC)C(O)C(O)C1O)OC(=O)CCCCCCCCC(C)CCCCCCCC. The number of hydrogen-bond acceptors (Lipinski definition) is 24. The van der Waals surface area contributed by atoms with Gasteiger partial charge in [0.1, 0.15) is 92.6 Å². The van der Waals surface area contributed by atoms with Crippen LogP contribution in [0.25, 0.3) is 0 Å². The van der Waals surface area contributed by atoms with E-state index in [-0.39, 0.29) is 25.7 Å². The molecule has 2 aliphatic heterocycles. The lowest BCUT2D eigenvalue weighted by Gasteiger charge is -2.50. The molecule has 0 aromatic rings. The lowest BCUT2D eigenvalue weighted by Crippen LogP contribution is -2.70. The van der Waals surface area contributed by atoms with Gasteiger partial charge in [-0.3, -0.25) is 28.2 Å². The van der Waals surface area contributed by atoms with Crippen LogP contribution in [0.4, 0.5) is 0 Å². The lowest BCUT2D eigenvalue weighted by atomic mass is 9.84. The summed E-state index contributed by atoms with van der Waals surface area (Å²) in [5.41, 5.74) is 0. The highest BCUT2D eigenvalue weighted by molar-refractivity contribution is 7.47. The average Bonchev–Trinajstić information content (AvgIpc) is 0.754. The number of carbonyl (C=O) groups excluding carboxylic acids is 4. The van der Waals surface area contributed by atoms with E-state index in [0.717, 1.165) is 148 Å². The van der Waals surface area contributed by atoms with Crippen LogP contribution in [0.3, 0.4) is 0 Å². The Morgan fingerprint density at radius 2 is 0.686 bits per heavy atom. The van der Waals surface area contributed by atoms with E-state index in [1.54, 1.807) is 0 Å². The van der Waals surface area contributed by atoms with Crippen molar-refractivity contribution in [1.29, 1.82) is 0 Å². The molecule has 0 aromatic heterocycles. The van der Waals surface area contributed by atoms with Gasteiger partial charge in [-0.1, -0.05) is 349 Å². The second kappa shape index (κ2) is 70.4. The highest BCUT2D eigenvalue weighted by Gasteiger charge is 2.60. The molecule has 10 N–H and O–H groups in total. The van der Waals surface area contributed by atoms with Crippen LogP contribution >= 0.6 is 7.82 Å². The fourth-order valence-corrected chi connectivity index (χ4v) is 16.9. The number of phosphoric ester groups is 1. The highest BCUT2D eigenvalue weighted by Crippen LogP contribution is 2.49. The molecule has 19 unspecified atom stereocenters. The van der Waals surface area contributed by atoms with Crippen LogP contribution in [0, 0.1) is 5.92 Å². The third-order valence-corrected chi connectivity index (χ3v) is 24.7. The van der Waals surface area contributed by atoms with E-state index in [1.807, 2.05) is 0 Å². The van der Waals surface area contributed by atoms with Crippen LogP contribution in [-0.2, 0) is 70.7 Å². The summed E-state index contributed by atoms with van der Waals surface area (Å²) in [7, 11) is -5.81. The van der Waals surface area contributed by atoms with Crippen LogP contribution in [0.1, 0.15) is 413 Å². The number of hydrogen-bond donors (Lipinski definition) is 10. The fraction of sp³-hybridized carbons (Fsp3) is 0.935. The van der Waals surface area contributed by atoms with Gasteiger partial charge in [0, 0.05) is 25.7 Å². The summed E-state index contributed by atoms with van der Waals surface area (Å²) in [4.78, 5) is 66.5. The van der Waals surface area contributed by atoms with E-state index < -0.39 is 162 Å². The predicted octanol–water partition coefficient (Wildman–Crippen LogP) is 17.8. The molecule has 3 rings (SSSR count). The maximum absolute atomic E-state index is 14.9. The van der Waals surface area contributed by atoms with Crippen molar-refractivity contribution < 1.29 is 122 Å². The Morgan fingerprint density at radius 3 is 1.10 bits per heavy atom. The summed E-state index contributed by atoms with van der Waals surface area (Å²) >= 11 is 0. The van der Waals surface area contributed by atoms with Gasteiger partial charge < -0.3 is 88.7 Å². The molecular formula is C92H171O25P. The van der Waals surface area contributed by atoms with Crippen molar-refractivity contribution in [2.24, 2.45) is 5.92 Å². The molecule has 3 aliphatic rings. The lowest BCUT2D eigenvalue weighted by molar-refractivity contribution is -0.360. The summed E-state index contributed by atoms with van der Waals surface area (Å²) in [6, 6.07) is 0. The van der Waals surface area contributed by atoms with Crippen molar-refractivity contribution in [2.75, 3.05) is 26.4 Å². The van der Waals surface area contributed by atoms with Gasteiger partial charge in [-0.25, -0.2) is 4.57 Å². The summed E-state index contributed by atoms with van der Waals surface area (Å²) in [5.74, 6) is -2.29. The zero-order chi connectivity index (χ0) is 86.2. The Hall–Kier alpha value is -2.79. The number of ether oxygens (including phenoxy) is 8. The third kappa shape index (κ3) is 50.4. The summed E-state index contributed by atoms with van der Waals surface area (Å²) < 4.78 is 73.5. The molecule has 0 bridgehead atoms. The Balaban J connectivity index is 1.92. The van der Waals surface area contributed by atoms with Crippen LogP contribution in [-0.4, -0.2) is 205 Å². The van der Waals surface area contributed by atoms with E-state index in [4.69, 9.17) is 46.9 Å². The largest absolute Gasteiger partial charge is 0.472 e. The van der Waals surface area contributed by atoms with Gasteiger partial charge in [0.25, 0.3) is 0 Å². The van der Waals surface area contributed by atoms with Gasteiger partial charge in [0.05, 0.1) is 13.2 Å². The number of aliphatic hydroxyl groups excluding tert-OH is 9. The van der Waals surface area contributed by atoms with Gasteiger partial charge in [0.15, 0.2) is 24.8 Å². The minimum atomic E-state index is -5.81. The first-order valence-corrected chi connectivity index (χ1v) is 49.3. The first kappa shape index (κ1) is 109. The molecule has 2 heterocycles. The monoisotopic (exact) mass is 1710 g/mol. The molecule has 3 fully saturated rings. The molecular weight excluding hydrogens is 1540 g/mol.